The van der Waals surface area contributed by atoms with Gasteiger partial charge in [0.1, 0.15) is 11.9 Å². The topological polar surface area (TPSA) is 38.3 Å². The van der Waals surface area contributed by atoms with Crippen LogP contribution in [0.5, 0.6) is 5.75 Å². The third-order valence-electron chi connectivity index (χ3n) is 2.79. The van der Waals surface area contributed by atoms with Crippen LogP contribution in [0.4, 0.5) is 0 Å². The van der Waals surface area contributed by atoms with Crippen LogP contribution in [-0.4, -0.2) is 18.6 Å². The Labute approximate surface area is 107 Å². The molecule has 2 rings (SSSR count). The summed E-state index contributed by atoms with van der Waals surface area (Å²) in [5.41, 5.74) is 2.05. The number of fused-ring (bicyclic) bond motifs is 1. The van der Waals surface area contributed by atoms with E-state index in [1.807, 2.05) is 44.2 Å². The highest BCUT2D eigenvalue weighted by Gasteiger charge is 2.16. The minimum atomic E-state index is -0.0792. The van der Waals surface area contributed by atoms with Crippen molar-refractivity contribution < 1.29 is 9.53 Å². The minimum Gasteiger partial charge on any atom is -0.485 e. The summed E-state index contributed by atoms with van der Waals surface area (Å²) in [5.74, 6) is 0.810. The SMILES string of the molecule is CCNC(=O)C=CC1=Cc2ccccc2OC1C. The summed E-state index contributed by atoms with van der Waals surface area (Å²) in [6.07, 6.45) is 5.37. The van der Waals surface area contributed by atoms with Crippen LogP contribution in [0.1, 0.15) is 19.4 Å². The molecule has 0 fully saturated rings. The molecule has 0 saturated carbocycles. The predicted octanol–water partition coefficient (Wildman–Crippen LogP) is 2.54. The number of amides is 1. The van der Waals surface area contributed by atoms with E-state index in [9.17, 15) is 4.79 Å². The molecule has 1 unspecified atom stereocenters. The van der Waals surface area contributed by atoms with Crippen LogP contribution < -0.4 is 10.1 Å². The fourth-order valence-electron chi connectivity index (χ4n) is 1.85. The molecule has 94 valence electrons. The average molecular weight is 243 g/mol. The maximum absolute atomic E-state index is 11.4. The van der Waals surface area contributed by atoms with E-state index >= 15 is 0 Å². The normalized spacial score (nSPS) is 17.9. The number of hydrogen-bond acceptors (Lipinski definition) is 2. The first-order valence-corrected chi connectivity index (χ1v) is 6.14. The number of hydrogen-bond donors (Lipinski definition) is 1. The minimum absolute atomic E-state index is 0.0365. The molecule has 18 heavy (non-hydrogen) atoms. The van der Waals surface area contributed by atoms with Gasteiger partial charge in [-0.1, -0.05) is 18.2 Å². The molecule has 1 aromatic carbocycles. The van der Waals surface area contributed by atoms with Gasteiger partial charge in [-0.05, 0) is 37.6 Å². The van der Waals surface area contributed by atoms with Gasteiger partial charge in [0.2, 0.25) is 5.91 Å². The van der Waals surface area contributed by atoms with Crippen molar-refractivity contribution in [3.05, 3.63) is 47.6 Å². The van der Waals surface area contributed by atoms with Gasteiger partial charge in [-0.3, -0.25) is 4.79 Å². The average Bonchev–Trinajstić information content (AvgIpc) is 2.36. The highest BCUT2D eigenvalue weighted by Crippen LogP contribution is 2.29. The van der Waals surface area contributed by atoms with Crippen LogP contribution in [0.2, 0.25) is 0 Å². The van der Waals surface area contributed by atoms with Crippen molar-refractivity contribution in [2.75, 3.05) is 6.54 Å². The van der Waals surface area contributed by atoms with Gasteiger partial charge < -0.3 is 10.1 Å². The van der Waals surface area contributed by atoms with E-state index in [1.54, 1.807) is 6.08 Å². The zero-order chi connectivity index (χ0) is 13.0. The number of likely N-dealkylation sites (N-methyl/N-ethyl adjacent to an activating group) is 1. The standard InChI is InChI=1S/C15H17NO2/c1-3-16-15(17)9-8-12-10-13-6-4-5-7-14(13)18-11(12)2/h4-11H,3H2,1-2H3,(H,16,17). The molecule has 0 aliphatic carbocycles. The number of benzene rings is 1. The summed E-state index contributed by atoms with van der Waals surface area (Å²) in [6, 6.07) is 7.88. The lowest BCUT2D eigenvalue weighted by molar-refractivity contribution is -0.116. The van der Waals surface area contributed by atoms with Crippen molar-refractivity contribution >= 4 is 12.0 Å². The third kappa shape index (κ3) is 2.80. The van der Waals surface area contributed by atoms with E-state index < -0.39 is 0 Å². The second-order valence-corrected chi connectivity index (χ2v) is 4.17. The lowest BCUT2D eigenvalue weighted by Gasteiger charge is -2.22. The van der Waals surface area contributed by atoms with E-state index in [-0.39, 0.29) is 12.0 Å². The first kappa shape index (κ1) is 12.4. The van der Waals surface area contributed by atoms with Crippen molar-refractivity contribution in [1.29, 1.82) is 0 Å². The molecule has 3 nitrogen and oxygen atoms in total. The number of carbonyl (C=O) groups excluding carboxylic acids is 1. The Bertz CT molecular complexity index is 503. The van der Waals surface area contributed by atoms with E-state index in [1.165, 1.54) is 0 Å². The van der Waals surface area contributed by atoms with Gasteiger partial charge in [-0.15, -0.1) is 0 Å². The van der Waals surface area contributed by atoms with Crippen molar-refractivity contribution in [1.82, 2.24) is 5.32 Å². The molecule has 1 amide bonds. The maximum atomic E-state index is 11.4. The molecule has 1 aromatic rings. The van der Waals surface area contributed by atoms with E-state index in [0.29, 0.717) is 6.54 Å². The Morgan fingerprint density at radius 2 is 2.22 bits per heavy atom. The van der Waals surface area contributed by atoms with Gasteiger partial charge in [0, 0.05) is 18.2 Å². The Kier molecular flexibility index (Phi) is 3.82. The highest BCUT2D eigenvalue weighted by molar-refractivity contribution is 5.88. The van der Waals surface area contributed by atoms with E-state index in [4.69, 9.17) is 4.74 Å². The Hall–Kier alpha value is -2.03. The summed E-state index contributed by atoms with van der Waals surface area (Å²) in [7, 11) is 0. The molecule has 0 radical (unpaired) electrons. The van der Waals surface area contributed by atoms with E-state index in [0.717, 1.165) is 16.9 Å². The second-order valence-electron chi connectivity index (χ2n) is 4.17. The molecule has 1 heterocycles. The fourth-order valence-corrected chi connectivity index (χ4v) is 1.85. The zero-order valence-corrected chi connectivity index (χ0v) is 10.6. The molecule has 3 heteroatoms. The third-order valence-corrected chi connectivity index (χ3v) is 2.79. The van der Waals surface area contributed by atoms with Crippen LogP contribution in [0.3, 0.4) is 0 Å². The summed E-state index contributed by atoms with van der Waals surface area (Å²) < 4.78 is 5.79. The van der Waals surface area contributed by atoms with Crippen LogP contribution in [-0.2, 0) is 4.79 Å². The van der Waals surface area contributed by atoms with Crippen LogP contribution in [0.25, 0.3) is 6.08 Å². The second kappa shape index (κ2) is 5.54. The lowest BCUT2D eigenvalue weighted by Crippen LogP contribution is -2.21. The molecular formula is C15H17NO2. The molecule has 1 aliphatic rings. The summed E-state index contributed by atoms with van der Waals surface area (Å²) in [5, 5.41) is 2.73. The molecule has 1 N–H and O–H groups in total. The number of rotatable bonds is 3. The number of nitrogens with one attached hydrogen (secondary N) is 1. The monoisotopic (exact) mass is 243 g/mol. The number of carbonyl (C=O) groups is 1. The maximum Gasteiger partial charge on any atom is 0.243 e. The predicted molar refractivity (Wildman–Crippen MR) is 72.3 cm³/mol. The van der Waals surface area contributed by atoms with Crippen molar-refractivity contribution in [2.24, 2.45) is 0 Å². The zero-order valence-electron chi connectivity index (χ0n) is 10.6. The van der Waals surface area contributed by atoms with Gasteiger partial charge in [-0.25, -0.2) is 0 Å². The summed E-state index contributed by atoms with van der Waals surface area (Å²) in [6.45, 7) is 4.51. The van der Waals surface area contributed by atoms with Crippen LogP contribution in [0, 0.1) is 0 Å². The van der Waals surface area contributed by atoms with Gasteiger partial charge in [0.15, 0.2) is 0 Å². The van der Waals surface area contributed by atoms with Gasteiger partial charge in [0.25, 0.3) is 0 Å². The summed E-state index contributed by atoms with van der Waals surface area (Å²) >= 11 is 0. The quantitative estimate of drug-likeness (QED) is 0.828. The Balaban J connectivity index is 2.19. The van der Waals surface area contributed by atoms with Crippen molar-refractivity contribution in [2.45, 2.75) is 20.0 Å². The molecule has 1 aliphatic heterocycles. The Morgan fingerprint density at radius 1 is 1.44 bits per heavy atom. The van der Waals surface area contributed by atoms with Crippen molar-refractivity contribution in [3.63, 3.8) is 0 Å². The van der Waals surface area contributed by atoms with E-state index in [2.05, 4.69) is 11.4 Å². The van der Waals surface area contributed by atoms with Gasteiger partial charge >= 0.3 is 0 Å². The summed E-state index contributed by atoms with van der Waals surface area (Å²) in [4.78, 5) is 11.4. The molecule has 0 aromatic heterocycles. The Morgan fingerprint density at radius 3 is 3.00 bits per heavy atom. The molecule has 0 spiro atoms. The van der Waals surface area contributed by atoms with Gasteiger partial charge in [-0.2, -0.15) is 0 Å². The molecule has 1 atom stereocenters. The molecular weight excluding hydrogens is 226 g/mol. The lowest BCUT2D eigenvalue weighted by atomic mass is 10.0. The number of para-hydroxylation sites is 1. The van der Waals surface area contributed by atoms with Gasteiger partial charge in [0.05, 0.1) is 0 Å². The largest absolute Gasteiger partial charge is 0.485 e. The fraction of sp³-hybridized carbons (Fsp3) is 0.267. The smallest absolute Gasteiger partial charge is 0.243 e. The molecule has 0 bridgehead atoms. The van der Waals surface area contributed by atoms with Crippen LogP contribution in [0.15, 0.2) is 42.0 Å². The first-order valence-electron chi connectivity index (χ1n) is 6.14. The van der Waals surface area contributed by atoms with Crippen LogP contribution >= 0.6 is 0 Å². The highest BCUT2D eigenvalue weighted by atomic mass is 16.5. The van der Waals surface area contributed by atoms with Crippen molar-refractivity contribution in [3.8, 4) is 5.75 Å². The first-order chi connectivity index (χ1) is 8.70. The number of ether oxygens (including phenoxy) is 1. The molecule has 0 saturated heterocycles.